The Kier molecular flexibility index (Phi) is 4.39. The number of hydrogen-bond acceptors (Lipinski definition) is 5. The molecule has 0 aliphatic carbocycles. The standard InChI is InChI=1S/C17H15F3N2O4/c1-4-22-8-9(7-21-22)12-13(23)10-5-6-11(24-2)15(25-3)14(10)26-16(12)17(18,19)20/h5-8H,4H2,1-3H3. The molecule has 3 aromatic rings. The van der Waals surface area contributed by atoms with Gasteiger partial charge in [-0.15, -0.1) is 0 Å². The number of aromatic nitrogens is 2. The first-order chi connectivity index (χ1) is 12.3. The molecule has 0 aliphatic heterocycles. The van der Waals surface area contributed by atoms with Crippen LogP contribution in [0.25, 0.3) is 22.1 Å². The van der Waals surface area contributed by atoms with Gasteiger partial charge in [0.25, 0.3) is 0 Å². The van der Waals surface area contributed by atoms with E-state index in [0.717, 1.165) is 0 Å². The average Bonchev–Trinajstić information content (AvgIpc) is 3.08. The van der Waals surface area contributed by atoms with E-state index in [0.29, 0.717) is 6.54 Å². The molecule has 0 N–H and O–H groups in total. The second kappa shape index (κ2) is 6.40. The third-order valence-corrected chi connectivity index (χ3v) is 3.91. The molecule has 9 heteroatoms. The molecule has 0 spiro atoms. The number of aryl methyl sites for hydroxylation is 1. The van der Waals surface area contributed by atoms with Crippen LogP contribution in [-0.2, 0) is 12.7 Å². The molecular weight excluding hydrogens is 353 g/mol. The Morgan fingerprint density at radius 1 is 1.23 bits per heavy atom. The number of benzene rings is 1. The van der Waals surface area contributed by atoms with Crippen molar-refractivity contribution in [3.63, 3.8) is 0 Å². The van der Waals surface area contributed by atoms with Gasteiger partial charge >= 0.3 is 6.18 Å². The largest absolute Gasteiger partial charge is 0.493 e. The van der Waals surface area contributed by atoms with Gasteiger partial charge in [-0.2, -0.15) is 18.3 Å². The number of hydrogen-bond donors (Lipinski definition) is 0. The van der Waals surface area contributed by atoms with Crippen LogP contribution in [0.4, 0.5) is 13.2 Å². The molecule has 0 saturated heterocycles. The average molecular weight is 368 g/mol. The lowest BCUT2D eigenvalue weighted by atomic mass is 10.0. The van der Waals surface area contributed by atoms with E-state index >= 15 is 0 Å². The minimum atomic E-state index is -4.88. The molecule has 1 aromatic carbocycles. The third kappa shape index (κ3) is 2.79. The molecule has 2 heterocycles. The lowest BCUT2D eigenvalue weighted by Gasteiger charge is -2.14. The van der Waals surface area contributed by atoms with Crippen molar-refractivity contribution in [3.05, 3.63) is 40.5 Å². The van der Waals surface area contributed by atoms with Crippen LogP contribution in [0.5, 0.6) is 11.5 Å². The SMILES string of the molecule is CCn1cc(-c2c(C(F)(F)F)oc3c(OC)c(OC)ccc3c2=O)cn1. The minimum Gasteiger partial charge on any atom is -0.493 e. The predicted octanol–water partition coefficient (Wildman–Crippen LogP) is 3.71. The molecule has 0 aliphatic rings. The topological polar surface area (TPSA) is 66.5 Å². The first-order valence-corrected chi connectivity index (χ1v) is 7.63. The monoisotopic (exact) mass is 368 g/mol. The maximum absolute atomic E-state index is 13.6. The Morgan fingerprint density at radius 3 is 2.50 bits per heavy atom. The van der Waals surface area contributed by atoms with Crippen molar-refractivity contribution in [2.45, 2.75) is 19.6 Å². The van der Waals surface area contributed by atoms with E-state index in [1.54, 1.807) is 6.92 Å². The minimum absolute atomic E-state index is 0.0320. The molecule has 138 valence electrons. The normalized spacial score (nSPS) is 11.8. The second-order valence-electron chi connectivity index (χ2n) is 5.40. The van der Waals surface area contributed by atoms with Gasteiger partial charge in [0.2, 0.25) is 16.9 Å². The summed E-state index contributed by atoms with van der Waals surface area (Å²) in [6.45, 7) is 2.23. The van der Waals surface area contributed by atoms with Gasteiger partial charge in [0.15, 0.2) is 11.3 Å². The fourth-order valence-electron chi connectivity index (χ4n) is 2.70. The zero-order valence-electron chi connectivity index (χ0n) is 14.2. The Labute approximate surface area is 145 Å². The van der Waals surface area contributed by atoms with Crippen molar-refractivity contribution in [3.8, 4) is 22.6 Å². The van der Waals surface area contributed by atoms with Crippen molar-refractivity contribution >= 4 is 11.0 Å². The molecule has 0 bridgehead atoms. The van der Waals surface area contributed by atoms with Gasteiger partial charge in [-0.3, -0.25) is 9.48 Å². The van der Waals surface area contributed by atoms with Gasteiger partial charge < -0.3 is 13.9 Å². The highest BCUT2D eigenvalue weighted by atomic mass is 19.4. The highest BCUT2D eigenvalue weighted by Crippen LogP contribution is 2.41. The molecular formula is C17H15F3N2O4. The number of rotatable bonds is 4. The predicted molar refractivity (Wildman–Crippen MR) is 87.5 cm³/mol. The molecule has 26 heavy (non-hydrogen) atoms. The highest BCUT2D eigenvalue weighted by Gasteiger charge is 2.40. The molecule has 3 rings (SSSR count). The van der Waals surface area contributed by atoms with Crippen LogP contribution in [0, 0.1) is 0 Å². The molecule has 0 saturated carbocycles. The number of fused-ring (bicyclic) bond motifs is 1. The van der Waals surface area contributed by atoms with Crippen LogP contribution in [0.3, 0.4) is 0 Å². The van der Waals surface area contributed by atoms with Crippen LogP contribution >= 0.6 is 0 Å². The molecule has 0 amide bonds. The summed E-state index contributed by atoms with van der Waals surface area (Å²) in [6, 6.07) is 2.78. The lowest BCUT2D eigenvalue weighted by Crippen LogP contribution is -2.16. The summed E-state index contributed by atoms with van der Waals surface area (Å²) >= 11 is 0. The van der Waals surface area contributed by atoms with E-state index in [4.69, 9.17) is 13.9 Å². The summed E-state index contributed by atoms with van der Waals surface area (Å²) < 4.78 is 57.6. The van der Waals surface area contributed by atoms with Gasteiger partial charge in [-0.1, -0.05) is 0 Å². The first kappa shape index (κ1) is 17.8. The van der Waals surface area contributed by atoms with E-state index in [9.17, 15) is 18.0 Å². The Hall–Kier alpha value is -2.97. The van der Waals surface area contributed by atoms with E-state index in [1.807, 2.05) is 0 Å². The Bertz CT molecular complexity index is 1020. The fourth-order valence-corrected chi connectivity index (χ4v) is 2.70. The van der Waals surface area contributed by atoms with Gasteiger partial charge in [-0.25, -0.2) is 0 Å². The van der Waals surface area contributed by atoms with Gasteiger partial charge in [0.1, 0.15) is 0 Å². The van der Waals surface area contributed by atoms with Crippen molar-refractivity contribution in [1.82, 2.24) is 9.78 Å². The third-order valence-electron chi connectivity index (χ3n) is 3.91. The Balaban J connectivity index is 2.44. The van der Waals surface area contributed by atoms with Crippen molar-refractivity contribution in [1.29, 1.82) is 0 Å². The Morgan fingerprint density at radius 2 is 1.96 bits per heavy atom. The van der Waals surface area contributed by atoms with Crippen molar-refractivity contribution < 1.29 is 27.1 Å². The molecule has 2 aromatic heterocycles. The maximum Gasteiger partial charge on any atom is 0.450 e. The van der Waals surface area contributed by atoms with E-state index in [2.05, 4.69) is 5.10 Å². The number of ether oxygens (including phenoxy) is 2. The maximum atomic E-state index is 13.6. The van der Waals surface area contributed by atoms with E-state index in [-0.39, 0.29) is 28.0 Å². The zero-order valence-corrected chi connectivity index (χ0v) is 14.2. The van der Waals surface area contributed by atoms with Crippen LogP contribution in [-0.4, -0.2) is 24.0 Å². The number of nitrogens with zero attached hydrogens (tertiary/aromatic N) is 2. The fraction of sp³-hybridized carbons (Fsp3) is 0.294. The summed E-state index contributed by atoms with van der Waals surface area (Å²) in [5, 5.41) is 3.89. The van der Waals surface area contributed by atoms with Crippen molar-refractivity contribution in [2.24, 2.45) is 0 Å². The summed E-state index contributed by atoms with van der Waals surface area (Å²) in [7, 11) is 2.59. The second-order valence-corrected chi connectivity index (χ2v) is 5.40. The summed E-state index contributed by atoms with van der Waals surface area (Å²) in [5.41, 5.74) is -1.70. The molecule has 0 atom stereocenters. The number of alkyl halides is 3. The molecule has 6 nitrogen and oxygen atoms in total. The van der Waals surface area contributed by atoms with Crippen LogP contribution in [0.15, 0.2) is 33.7 Å². The lowest BCUT2D eigenvalue weighted by molar-refractivity contribution is -0.152. The summed E-state index contributed by atoms with van der Waals surface area (Å²) in [5.74, 6) is -1.33. The van der Waals surface area contributed by atoms with Crippen molar-refractivity contribution in [2.75, 3.05) is 14.2 Å². The van der Waals surface area contributed by atoms with Gasteiger partial charge in [0, 0.05) is 18.3 Å². The number of halogens is 3. The van der Waals surface area contributed by atoms with Gasteiger partial charge in [-0.05, 0) is 19.1 Å². The van der Waals surface area contributed by atoms with Crippen LogP contribution < -0.4 is 14.9 Å². The molecule has 0 unspecified atom stereocenters. The highest BCUT2D eigenvalue weighted by molar-refractivity contribution is 5.89. The first-order valence-electron chi connectivity index (χ1n) is 7.63. The summed E-state index contributed by atoms with van der Waals surface area (Å²) in [4.78, 5) is 12.9. The molecule has 0 fully saturated rings. The molecule has 0 radical (unpaired) electrons. The van der Waals surface area contributed by atoms with E-state index < -0.39 is 22.9 Å². The summed E-state index contributed by atoms with van der Waals surface area (Å²) in [6.07, 6.45) is -2.31. The van der Waals surface area contributed by atoms with E-state index in [1.165, 1.54) is 43.4 Å². The van der Waals surface area contributed by atoms with Crippen LogP contribution in [0.2, 0.25) is 0 Å². The quantitative estimate of drug-likeness (QED) is 0.702. The smallest absolute Gasteiger partial charge is 0.450 e. The van der Waals surface area contributed by atoms with Crippen LogP contribution in [0.1, 0.15) is 12.7 Å². The zero-order chi connectivity index (χ0) is 19.1. The van der Waals surface area contributed by atoms with Gasteiger partial charge in [0.05, 0.1) is 31.4 Å². The number of methoxy groups -OCH3 is 2.